The maximum Gasteiger partial charge on any atom is 0.332 e. The fourth-order valence-electron chi connectivity index (χ4n) is 0.972. The SMILES string of the molecule is CC(O[C@@H](C)C(=O)O)C(=O)NC1CC1. The lowest BCUT2D eigenvalue weighted by atomic mass is 10.3. The molecule has 1 amide bonds. The topological polar surface area (TPSA) is 75.6 Å². The number of nitrogens with one attached hydrogen (secondary N) is 1. The van der Waals surface area contributed by atoms with Crippen molar-refractivity contribution >= 4 is 11.9 Å². The summed E-state index contributed by atoms with van der Waals surface area (Å²) < 4.78 is 4.99. The Morgan fingerprint density at radius 3 is 2.36 bits per heavy atom. The number of aliphatic carboxylic acids is 1. The van der Waals surface area contributed by atoms with Crippen LogP contribution in [-0.4, -0.2) is 35.2 Å². The molecule has 1 saturated carbocycles. The third-order valence-electron chi connectivity index (χ3n) is 2.05. The highest BCUT2D eigenvalue weighted by Crippen LogP contribution is 2.18. The molecule has 1 fully saturated rings. The van der Waals surface area contributed by atoms with Gasteiger partial charge in [-0.2, -0.15) is 0 Å². The minimum Gasteiger partial charge on any atom is -0.479 e. The lowest BCUT2D eigenvalue weighted by molar-refractivity contribution is -0.155. The highest BCUT2D eigenvalue weighted by atomic mass is 16.5. The number of carboxylic acid groups (broad SMARTS) is 1. The number of carbonyl (C=O) groups excluding carboxylic acids is 1. The van der Waals surface area contributed by atoms with E-state index in [9.17, 15) is 9.59 Å². The third kappa shape index (κ3) is 3.33. The van der Waals surface area contributed by atoms with E-state index in [1.54, 1.807) is 6.92 Å². The van der Waals surface area contributed by atoms with E-state index in [1.807, 2.05) is 0 Å². The monoisotopic (exact) mass is 201 g/mol. The molecule has 5 heteroatoms. The number of hydrogen-bond acceptors (Lipinski definition) is 3. The Bertz CT molecular complexity index is 237. The Balaban J connectivity index is 2.28. The van der Waals surface area contributed by atoms with Crippen LogP contribution in [0.5, 0.6) is 0 Å². The Morgan fingerprint density at radius 1 is 1.36 bits per heavy atom. The number of ether oxygens (including phenoxy) is 1. The van der Waals surface area contributed by atoms with E-state index in [4.69, 9.17) is 9.84 Å². The van der Waals surface area contributed by atoms with Crippen molar-refractivity contribution in [2.45, 2.75) is 44.9 Å². The van der Waals surface area contributed by atoms with Crippen molar-refractivity contribution in [3.8, 4) is 0 Å². The molecule has 0 aliphatic heterocycles. The van der Waals surface area contributed by atoms with Crippen molar-refractivity contribution < 1.29 is 19.4 Å². The molecule has 0 aromatic heterocycles. The quantitative estimate of drug-likeness (QED) is 0.663. The summed E-state index contributed by atoms with van der Waals surface area (Å²) in [5.74, 6) is -1.29. The van der Waals surface area contributed by atoms with Crippen LogP contribution in [0.2, 0.25) is 0 Å². The van der Waals surface area contributed by atoms with E-state index in [0.717, 1.165) is 12.8 Å². The van der Waals surface area contributed by atoms with Crippen LogP contribution < -0.4 is 5.32 Å². The molecule has 0 heterocycles. The van der Waals surface area contributed by atoms with Crippen LogP contribution in [0.25, 0.3) is 0 Å². The van der Waals surface area contributed by atoms with E-state index in [1.165, 1.54) is 6.92 Å². The van der Waals surface area contributed by atoms with Gasteiger partial charge in [-0.15, -0.1) is 0 Å². The van der Waals surface area contributed by atoms with E-state index in [2.05, 4.69) is 5.32 Å². The second kappa shape index (κ2) is 4.41. The maximum absolute atomic E-state index is 11.3. The zero-order chi connectivity index (χ0) is 10.7. The summed E-state index contributed by atoms with van der Waals surface area (Å²) in [5, 5.41) is 11.3. The first-order valence-electron chi connectivity index (χ1n) is 4.69. The van der Waals surface area contributed by atoms with Crippen LogP contribution >= 0.6 is 0 Å². The highest BCUT2D eigenvalue weighted by molar-refractivity contribution is 5.81. The standard InChI is InChI=1S/C9H15NO4/c1-5(14-6(2)9(12)13)8(11)10-7-3-4-7/h5-7H,3-4H2,1-2H3,(H,10,11)(H,12,13)/t5?,6-/m0/s1. The van der Waals surface area contributed by atoms with Crippen molar-refractivity contribution in [3.05, 3.63) is 0 Å². The summed E-state index contributed by atoms with van der Waals surface area (Å²) in [5.41, 5.74) is 0. The van der Waals surface area contributed by atoms with Gasteiger partial charge in [0, 0.05) is 6.04 Å². The number of hydrogen-bond donors (Lipinski definition) is 2. The van der Waals surface area contributed by atoms with Gasteiger partial charge in [0.2, 0.25) is 5.91 Å². The molecule has 0 bridgehead atoms. The molecule has 0 spiro atoms. The number of carbonyl (C=O) groups is 2. The smallest absolute Gasteiger partial charge is 0.332 e. The van der Waals surface area contributed by atoms with Gasteiger partial charge in [0.15, 0.2) is 6.10 Å². The van der Waals surface area contributed by atoms with Crippen molar-refractivity contribution in [1.29, 1.82) is 0 Å². The van der Waals surface area contributed by atoms with Crippen molar-refractivity contribution in [2.75, 3.05) is 0 Å². The first-order valence-corrected chi connectivity index (χ1v) is 4.69. The average molecular weight is 201 g/mol. The van der Waals surface area contributed by atoms with Crippen LogP contribution in [0.4, 0.5) is 0 Å². The lowest BCUT2D eigenvalue weighted by Crippen LogP contribution is -2.39. The van der Waals surface area contributed by atoms with E-state index in [-0.39, 0.29) is 11.9 Å². The second-order valence-electron chi connectivity index (χ2n) is 3.54. The molecule has 1 unspecified atom stereocenters. The number of amides is 1. The van der Waals surface area contributed by atoms with Crippen LogP contribution in [0.1, 0.15) is 26.7 Å². The maximum atomic E-state index is 11.3. The van der Waals surface area contributed by atoms with E-state index >= 15 is 0 Å². The largest absolute Gasteiger partial charge is 0.479 e. The number of carboxylic acids is 1. The van der Waals surface area contributed by atoms with Gasteiger partial charge < -0.3 is 15.2 Å². The van der Waals surface area contributed by atoms with Crippen LogP contribution in [0, 0.1) is 0 Å². The van der Waals surface area contributed by atoms with Crippen LogP contribution in [0.3, 0.4) is 0 Å². The minimum absolute atomic E-state index is 0.236. The molecule has 80 valence electrons. The Kier molecular flexibility index (Phi) is 3.46. The molecule has 0 saturated heterocycles. The van der Waals surface area contributed by atoms with Gasteiger partial charge in [0.25, 0.3) is 0 Å². The first-order chi connectivity index (χ1) is 6.50. The zero-order valence-corrected chi connectivity index (χ0v) is 8.32. The second-order valence-corrected chi connectivity index (χ2v) is 3.54. The average Bonchev–Trinajstić information content (AvgIpc) is 2.87. The fraction of sp³-hybridized carbons (Fsp3) is 0.778. The van der Waals surface area contributed by atoms with Crippen LogP contribution in [-0.2, 0) is 14.3 Å². The van der Waals surface area contributed by atoms with Crippen LogP contribution in [0.15, 0.2) is 0 Å². The molecule has 1 rings (SSSR count). The minimum atomic E-state index is -1.06. The zero-order valence-electron chi connectivity index (χ0n) is 8.32. The van der Waals surface area contributed by atoms with E-state index in [0.29, 0.717) is 0 Å². The molecule has 5 nitrogen and oxygen atoms in total. The molecule has 1 aliphatic carbocycles. The molecule has 1 aliphatic rings. The first kappa shape index (κ1) is 11.0. The molecular formula is C9H15NO4. The normalized spacial score (nSPS) is 19.9. The van der Waals surface area contributed by atoms with Gasteiger partial charge in [-0.3, -0.25) is 4.79 Å². The summed E-state index contributed by atoms with van der Waals surface area (Å²) >= 11 is 0. The molecule has 2 N–H and O–H groups in total. The molecule has 0 aromatic carbocycles. The molecule has 14 heavy (non-hydrogen) atoms. The van der Waals surface area contributed by atoms with Gasteiger partial charge in [0.05, 0.1) is 0 Å². The van der Waals surface area contributed by atoms with Gasteiger partial charge >= 0.3 is 5.97 Å². The van der Waals surface area contributed by atoms with Gasteiger partial charge in [-0.25, -0.2) is 4.79 Å². The van der Waals surface area contributed by atoms with Gasteiger partial charge in [0.1, 0.15) is 6.10 Å². The van der Waals surface area contributed by atoms with Crippen molar-refractivity contribution in [3.63, 3.8) is 0 Å². The van der Waals surface area contributed by atoms with Crippen molar-refractivity contribution in [2.24, 2.45) is 0 Å². The Labute approximate surface area is 82.4 Å². The third-order valence-corrected chi connectivity index (χ3v) is 2.05. The lowest BCUT2D eigenvalue weighted by Gasteiger charge is -2.15. The summed E-state index contributed by atoms with van der Waals surface area (Å²) in [6, 6.07) is 0.272. The summed E-state index contributed by atoms with van der Waals surface area (Å²) in [7, 11) is 0. The van der Waals surface area contributed by atoms with Crippen molar-refractivity contribution in [1.82, 2.24) is 5.32 Å². The Morgan fingerprint density at radius 2 is 1.93 bits per heavy atom. The number of rotatable bonds is 5. The summed E-state index contributed by atoms with van der Waals surface area (Å²) in [6.07, 6.45) is 0.358. The summed E-state index contributed by atoms with van der Waals surface area (Å²) in [6.45, 7) is 2.96. The molecule has 0 radical (unpaired) electrons. The summed E-state index contributed by atoms with van der Waals surface area (Å²) in [4.78, 5) is 21.8. The van der Waals surface area contributed by atoms with Gasteiger partial charge in [-0.1, -0.05) is 0 Å². The predicted molar refractivity (Wildman–Crippen MR) is 48.8 cm³/mol. The molecule has 0 aromatic rings. The highest BCUT2D eigenvalue weighted by Gasteiger charge is 2.27. The fourth-order valence-corrected chi connectivity index (χ4v) is 0.972. The molecule has 2 atom stereocenters. The molecular weight excluding hydrogens is 186 g/mol. The van der Waals surface area contributed by atoms with Gasteiger partial charge in [-0.05, 0) is 26.7 Å². The Hall–Kier alpha value is -1.10. The predicted octanol–water partition coefficient (Wildman–Crippen LogP) is 0.143. The van der Waals surface area contributed by atoms with E-state index < -0.39 is 18.2 Å².